The second kappa shape index (κ2) is 7.91. The molecule has 1 aliphatic carbocycles. The third-order valence-electron chi connectivity index (χ3n) is 5.59. The van der Waals surface area contributed by atoms with E-state index >= 15 is 0 Å². The summed E-state index contributed by atoms with van der Waals surface area (Å²) >= 11 is 0. The number of amides is 1. The van der Waals surface area contributed by atoms with E-state index in [0.29, 0.717) is 12.5 Å². The van der Waals surface area contributed by atoms with Gasteiger partial charge in [-0.05, 0) is 43.0 Å². The van der Waals surface area contributed by atoms with Crippen LogP contribution in [-0.4, -0.2) is 31.9 Å². The topological polar surface area (TPSA) is 51.0 Å². The van der Waals surface area contributed by atoms with E-state index in [2.05, 4.69) is 9.97 Å². The van der Waals surface area contributed by atoms with Crippen molar-refractivity contribution in [2.45, 2.75) is 38.6 Å². The van der Waals surface area contributed by atoms with Crippen molar-refractivity contribution in [3.8, 4) is 0 Å². The van der Waals surface area contributed by atoms with Crippen LogP contribution in [0, 0.1) is 5.92 Å². The van der Waals surface area contributed by atoms with Crippen LogP contribution in [0.4, 0.5) is 0 Å². The first kappa shape index (κ1) is 17.7. The van der Waals surface area contributed by atoms with Crippen LogP contribution in [0.15, 0.2) is 48.9 Å². The van der Waals surface area contributed by atoms with Gasteiger partial charge in [-0.2, -0.15) is 0 Å². The normalized spacial score (nSPS) is 15.1. The summed E-state index contributed by atoms with van der Waals surface area (Å²) in [6.07, 6.45) is 11.8. The zero-order chi connectivity index (χ0) is 18.6. The predicted octanol–water partition coefficient (Wildman–Crippen LogP) is 4.19. The van der Waals surface area contributed by atoms with E-state index in [9.17, 15) is 4.79 Å². The summed E-state index contributed by atoms with van der Waals surface area (Å²) in [6, 6.07) is 9.69. The Hall–Kier alpha value is -2.69. The van der Waals surface area contributed by atoms with Crippen LogP contribution in [0.2, 0.25) is 0 Å². The molecule has 0 unspecified atom stereocenters. The molecular formula is C22H26N4O. The van der Waals surface area contributed by atoms with Gasteiger partial charge in [0.25, 0.3) is 5.91 Å². The van der Waals surface area contributed by atoms with E-state index in [1.165, 1.54) is 32.1 Å². The summed E-state index contributed by atoms with van der Waals surface area (Å²) in [5, 5.41) is 0.998. The molecule has 1 aliphatic rings. The lowest BCUT2D eigenvalue weighted by atomic mass is 9.89. The Morgan fingerprint density at radius 1 is 1.15 bits per heavy atom. The van der Waals surface area contributed by atoms with Crippen molar-refractivity contribution in [3.63, 3.8) is 0 Å². The number of hydrogen-bond donors (Lipinski definition) is 0. The van der Waals surface area contributed by atoms with E-state index in [4.69, 9.17) is 0 Å². The lowest BCUT2D eigenvalue weighted by Gasteiger charge is -2.30. The number of rotatable bonds is 5. The maximum atomic E-state index is 13.4. The number of aromatic nitrogens is 3. The highest BCUT2D eigenvalue weighted by molar-refractivity contribution is 5.97. The molecule has 1 amide bonds. The molecule has 5 nitrogen and oxygen atoms in total. The second-order valence-electron chi connectivity index (χ2n) is 7.55. The Morgan fingerprint density at radius 3 is 2.78 bits per heavy atom. The van der Waals surface area contributed by atoms with E-state index in [0.717, 1.165) is 28.8 Å². The van der Waals surface area contributed by atoms with Gasteiger partial charge in [0.2, 0.25) is 0 Å². The third kappa shape index (κ3) is 4.02. The molecule has 0 bridgehead atoms. The van der Waals surface area contributed by atoms with Crippen molar-refractivity contribution in [2.24, 2.45) is 13.0 Å². The number of aryl methyl sites for hydroxylation is 1. The van der Waals surface area contributed by atoms with Gasteiger partial charge in [-0.1, -0.05) is 25.3 Å². The van der Waals surface area contributed by atoms with E-state index in [1.54, 1.807) is 12.4 Å². The Labute approximate surface area is 160 Å². The van der Waals surface area contributed by atoms with Crippen LogP contribution in [0.1, 0.15) is 48.3 Å². The summed E-state index contributed by atoms with van der Waals surface area (Å²) < 4.78 is 1.99. The zero-order valence-electron chi connectivity index (χ0n) is 15.8. The van der Waals surface area contributed by atoms with Gasteiger partial charge in [-0.15, -0.1) is 0 Å². The highest BCUT2D eigenvalue weighted by atomic mass is 16.2. The first-order valence-corrected chi connectivity index (χ1v) is 9.81. The molecule has 2 heterocycles. The van der Waals surface area contributed by atoms with Gasteiger partial charge in [0.15, 0.2) is 0 Å². The fourth-order valence-electron chi connectivity index (χ4n) is 4.01. The molecule has 0 N–H and O–H groups in total. The van der Waals surface area contributed by atoms with E-state index in [-0.39, 0.29) is 5.91 Å². The van der Waals surface area contributed by atoms with Crippen molar-refractivity contribution in [2.75, 3.05) is 6.54 Å². The molecule has 1 saturated carbocycles. The minimum atomic E-state index is 0.0781. The van der Waals surface area contributed by atoms with Gasteiger partial charge in [-0.3, -0.25) is 9.78 Å². The number of carbonyl (C=O) groups excluding carboxylic acids is 1. The number of fused-ring (bicyclic) bond motifs is 1. The molecule has 5 heteroatoms. The van der Waals surface area contributed by atoms with E-state index < -0.39 is 0 Å². The van der Waals surface area contributed by atoms with Gasteiger partial charge >= 0.3 is 0 Å². The molecule has 4 rings (SSSR count). The molecular weight excluding hydrogens is 336 g/mol. The minimum absolute atomic E-state index is 0.0781. The van der Waals surface area contributed by atoms with Crippen molar-refractivity contribution in [3.05, 3.63) is 60.3 Å². The maximum Gasteiger partial charge on any atom is 0.254 e. The molecule has 0 radical (unpaired) electrons. The van der Waals surface area contributed by atoms with E-state index in [1.807, 2.05) is 53.0 Å². The van der Waals surface area contributed by atoms with Gasteiger partial charge in [-0.25, -0.2) is 4.98 Å². The monoisotopic (exact) mass is 362 g/mol. The van der Waals surface area contributed by atoms with Crippen LogP contribution in [-0.2, 0) is 13.6 Å². The van der Waals surface area contributed by atoms with Gasteiger partial charge in [0, 0.05) is 43.1 Å². The highest BCUT2D eigenvalue weighted by Crippen LogP contribution is 2.26. The smallest absolute Gasteiger partial charge is 0.254 e. The van der Waals surface area contributed by atoms with Crippen LogP contribution in [0.5, 0.6) is 0 Å². The molecule has 0 spiro atoms. The first-order valence-electron chi connectivity index (χ1n) is 9.81. The predicted molar refractivity (Wildman–Crippen MR) is 106 cm³/mol. The van der Waals surface area contributed by atoms with Gasteiger partial charge < -0.3 is 9.47 Å². The molecule has 27 heavy (non-hydrogen) atoms. The molecule has 1 fully saturated rings. The first-order chi connectivity index (χ1) is 13.2. The number of benzene rings is 1. The number of imidazole rings is 1. The van der Waals surface area contributed by atoms with Crippen LogP contribution in [0.3, 0.4) is 0 Å². The van der Waals surface area contributed by atoms with Gasteiger partial charge in [0.05, 0.1) is 12.1 Å². The molecule has 0 atom stereocenters. The maximum absolute atomic E-state index is 13.4. The average molecular weight is 362 g/mol. The molecule has 0 saturated heterocycles. The fraction of sp³-hybridized carbons (Fsp3) is 0.409. The molecule has 1 aromatic carbocycles. The summed E-state index contributed by atoms with van der Waals surface area (Å²) in [5.74, 6) is 1.58. The van der Waals surface area contributed by atoms with Crippen molar-refractivity contribution >= 4 is 16.8 Å². The Bertz CT molecular complexity index is 927. The molecule has 0 aliphatic heterocycles. The van der Waals surface area contributed by atoms with Crippen molar-refractivity contribution < 1.29 is 4.79 Å². The number of carbonyl (C=O) groups is 1. The molecule has 3 aromatic rings. The molecule has 2 aromatic heterocycles. The largest absolute Gasteiger partial charge is 0.337 e. The second-order valence-corrected chi connectivity index (χ2v) is 7.55. The average Bonchev–Trinajstić information content (AvgIpc) is 3.12. The minimum Gasteiger partial charge on any atom is -0.337 e. The zero-order valence-corrected chi connectivity index (χ0v) is 15.8. The number of nitrogens with zero attached hydrogens (tertiary/aromatic N) is 4. The van der Waals surface area contributed by atoms with Crippen LogP contribution >= 0.6 is 0 Å². The fourth-order valence-corrected chi connectivity index (χ4v) is 4.01. The Morgan fingerprint density at radius 2 is 2.00 bits per heavy atom. The molecule has 140 valence electrons. The highest BCUT2D eigenvalue weighted by Gasteiger charge is 2.23. The summed E-state index contributed by atoms with van der Waals surface area (Å²) in [6.45, 7) is 1.35. The lowest BCUT2D eigenvalue weighted by molar-refractivity contribution is 0.0692. The lowest BCUT2D eigenvalue weighted by Crippen LogP contribution is -2.36. The van der Waals surface area contributed by atoms with Crippen LogP contribution in [0.25, 0.3) is 10.9 Å². The van der Waals surface area contributed by atoms with Gasteiger partial charge in [0.1, 0.15) is 5.82 Å². The number of pyridine rings is 1. The summed E-state index contributed by atoms with van der Waals surface area (Å²) in [7, 11) is 1.98. The Kier molecular flexibility index (Phi) is 5.19. The quantitative estimate of drug-likeness (QED) is 0.684. The summed E-state index contributed by atoms with van der Waals surface area (Å²) in [5.41, 5.74) is 1.64. The number of hydrogen-bond acceptors (Lipinski definition) is 3. The standard InChI is InChI=1S/C22H26N4O/c1-25-13-12-24-21(25)16-26(15-17-6-3-2-4-7-17)22(27)19-9-10-20-18(14-19)8-5-11-23-20/h5,8-14,17H,2-4,6-7,15-16H2,1H3. The van der Waals surface area contributed by atoms with Crippen LogP contribution < -0.4 is 0 Å². The third-order valence-corrected chi connectivity index (χ3v) is 5.59. The summed E-state index contributed by atoms with van der Waals surface area (Å²) in [4.78, 5) is 24.1. The Balaban J connectivity index is 1.60. The van der Waals surface area contributed by atoms with Crippen molar-refractivity contribution in [1.82, 2.24) is 19.4 Å². The SMILES string of the molecule is Cn1ccnc1CN(CC1CCCCC1)C(=O)c1ccc2ncccc2c1. The van der Waals surface area contributed by atoms with Crippen molar-refractivity contribution in [1.29, 1.82) is 0 Å².